The first-order valence-electron chi connectivity index (χ1n) is 6.42. The first-order valence-corrected chi connectivity index (χ1v) is 7.82. The van der Waals surface area contributed by atoms with E-state index in [0.29, 0.717) is 29.7 Å². The maximum atomic E-state index is 12.3. The van der Waals surface area contributed by atoms with Crippen molar-refractivity contribution in [3.05, 3.63) is 43.2 Å². The van der Waals surface area contributed by atoms with Crippen molar-refractivity contribution in [1.29, 1.82) is 0 Å². The largest absolute Gasteiger partial charge is 0 e. The van der Waals surface area contributed by atoms with Crippen molar-refractivity contribution in [2.24, 2.45) is 0 Å². The van der Waals surface area contributed by atoms with E-state index < -0.39 is 15.6 Å². The summed E-state index contributed by atoms with van der Waals surface area (Å²) in [5.41, 5.74) is -4.62. The predicted octanol–water partition coefficient (Wildman–Crippen LogP) is 3.07. The molecule has 1 aromatic carbocycles. The van der Waals surface area contributed by atoms with Crippen LogP contribution in [0.4, 0.5) is 13.2 Å². The van der Waals surface area contributed by atoms with Gasteiger partial charge in [-0.3, -0.25) is 0 Å². The molecule has 0 fully saturated rings. The van der Waals surface area contributed by atoms with E-state index >= 15 is 0 Å². The molecule has 150 valence electrons. The zero-order valence-electron chi connectivity index (χ0n) is 14.4. The summed E-state index contributed by atoms with van der Waals surface area (Å²) in [7, 11) is -4.25. The summed E-state index contributed by atoms with van der Waals surface area (Å²) in [5, 5.41) is 0. The van der Waals surface area contributed by atoms with Gasteiger partial charge in [0.05, 0.1) is 7.11 Å². The monoisotopic (exact) mass is 448 g/mol. The average Bonchev–Trinajstić information content (AvgIpc) is 2.61. The van der Waals surface area contributed by atoms with Gasteiger partial charge in [0.2, 0.25) is 0 Å². The van der Waals surface area contributed by atoms with Crippen LogP contribution in [0.2, 0.25) is 0 Å². The molecule has 0 spiro atoms. The molecule has 0 aliphatic heterocycles. The summed E-state index contributed by atoms with van der Waals surface area (Å²) in [6.07, 6.45) is 0.994. The molecule has 0 saturated carbocycles. The van der Waals surface area contributed by atoms with Crippen LogP contribution in [0.5, 0.6) is 11.5 Å². The van der Waals surface area contributed by atoms with Crippen LogP contribution in [-0.2, 0) is 47.9 Å². The van der Waals surface area contributed by atoms with Crippen LogP contribution in [0.3, 0.4) is 0 Å². The van der Waals surface area contributed by atoms with Crippen molar-refractivity contribution in [3.63, 3.8) is 0 Å². The number of hydrogen-bond donors (Lipinski definition) is 0. The topological polar surface area (TPSA) is 112 Å². The molecule has 7 nitrogen and oxygen atoms in total. The molecule has 0 atom stereocenters. The second-order valence-corrected chi connectivity index (χ2v) is 5.70. The minimum absolute atomic E-state index is 0. The number of aryl methyl sites for hydroxylation is 2. The van der Waals surface area contributed by atoms with E-state index in [9.17, 15) is 21.6 Å². The van der Waals surface area contributed by atoms with E-state index in [2.05, 4.69) is 24.1 Å². The standard InChI is InChI=1S/C12H15F3O4S.3CO.Cr/c1-4-5-9-7-10(18-3)8(2)6-11(9)19-20(16,17)12(13,14)15;3*1-2;/h6-7H,4-5H2,1-3H3;;;;. The van der Waals surface area contributed by atoms with Crippen molar-refractivity contribution in [3.8, 4) is 11.5 Å². The van der Waals surface area contributed by atoms with E-state index in [1.165, 1.54) is 19.2 Å². The minimum Gasteiger partial charge on any atom is 0 e. The quantitative estimate of drug-likeness (QED) is 0.298. The van der Waals surface area contributed by atoms with Gasteiger partial charge in [-0.2, -0.15) is 21.6 Å². The fourth-order valence-electron chi connectivity index (χ4n) is 1.63. The molecule has 0 aromatic heterocycles. The summed E-state index contributed by atoms with van der Waals surface area (Å²) in [6.45, 7) is 16.9. The summed E-state index contributed by atoms with van der Waals surface area (Å²) in [6, 6.07) is 2.72. The molecule has 0 radical (unpaired) electrons. The average molecular weight is 448 g/mol. The molecule has 0 heterocycles. The van der Waals surface area contributed by atoms with Gasteiger partial charge in [-0.15, -0.1) is 0 Å². The fourth-order valence-corrected chi connectivity index (χ4v) is 2.12. The van der Waals surface area contributed by atoms with Crippen LogP contribution >= 0.6 is 0 Å². The van der Waals surface area contributed by atoms with Gasteiger partial charge in [0, 0.05) is 17.4 Å². The molecular weight excluding hydrogens is 433 g/mol. The van der Waals surface area contributed by atoms with Crippen molar-refractivity contribution < 1.29 is 61.8 Å². The predicted molar refractivity (Wildman–Crippen MR) is 79.1 cm³/mol. The third-order valence-electron chi connectivity index (χ3n) is 2.58. The fraction of sp³-hybridized carbons (Fsp3) is 0.400. The molecule has 0 aliphatic carbocycles. The Morgan fingerprint density at radius 1 is 1.04 bits per heavy atom. The number of rotatable bonds is 5. The smallest absolute Gasteiger partial charge is 0 e. The Morgan fingerprint density at radius 3 is 1.81 bits per heavy atom. The molecule has 0 amide bonds. The second kappa shape index (κ2) is 16.5. The molecular formula is C15H15CrF3O7S. The third kappa shape index (κ3) is 10.9. The van der Waals surface area contributed by atoms with Crippen LogP contribution in [0.25, 0.3) is 0 Å². The van der Waals surface area contributed by atoms with Crippen LogP contribution in [0, 0.1) is 26.9 Å². The Hall–Kier alpha value is -1.69. The summed E-state index contributed by atoms with van der Waals surface area (Å²) in [5.74, 6) is 0.146. The Kier molecular flexibility index (Phi) is 20.1. The van der Waals surface area contributed by atoms with Crippen molar-refractivity contribution in [2.45, 2.75) is 32.2 Å². The molecule has 0 aliphatic rings. The normalized spacial score (nSPS) is 9.33. The Bertz CT molecular complexity index is 696. The van der Waals surface area contributed by atoms with Crippen LogP contribution in [0.15, 0.2) is 12.1 Å². The number of halogens is 3. The Morgan fingerprint density at radius 2 is 1.48 bits per heavy atom. The maximum absolute atomic E-state index is 12.3. The van der Waals surface area contributed by atoms with Crippen molar-refractivity contribution in [1.82, 2.24) is 0 Å². The molecule has 1 aromatic rings. The van der Waals surface area contributed by atoms with E-state index in [1.807, 2.05) is 6.92 Å². The van der Waals surface area contributed by atoms with Crippen molar-refractivity contribution >= 4 is 10.1 Å². The van der Waals surface area contributed by atoms with E-state index in [1.54, 1.807) is 6.92 Å². The maximum Gasteiger partial charge on any atom is 0 e. The van der Waals surface area contributed by atoms with Gasteiger partial charge in [-0.25, -0.2) is 0 Å². The molecule has 12 heteroatoms. The van der Waals surface area contributed by atoms with Gasteiger partial charge < -0.3 is 8.92 Å². The minimum atomic E-state index is -5.67. The molecule has 1 rings (SSSR count). The Labute approximate surface area is 166 Å². The molecule has 27 heavy (non-hydrogen) atoms. The first kappa shape index (κ1) is 32.9. The molecule has 0 unspecified atom stereocenters. The van der Waals surface area contributed by atoms with Gasteiger partial charge in [0.15, 0.2) is 0 Å². The molecule has 0 bridgehead atoms. The van der Waals surface area contributed by atoms with Crippen molar-refractivity contribution in [2.75, 3.05) is 7.11 Å². The van der Waals surface area contributed by atoms with Gasteiger partial charge in [0.1, 0.15) is 11.5 Å². The van der Waals surface area contributed by atoms with E-state index in [4.69, 9.17) is 18.7 Å². The zero-order valence-corrected chi connectivity index (χ0v) is 16.5. The number of methoxy groups -OCH3 is 1. The van der Waals surface area contributed by atoms with Gasteiger partial charge in [-0.1, -0.05) is 13.3 Å². The summed E-state index contributed by atoms with van der Waals surface area (Å²) >= 11 is 0. The Balaban J connectivity index is -0.000000342. The van der Waals surface area contributed by atoms with E-state index in [-0.39, 0.29) is 23.1 Å². The number of benzene rings is 1. The second-order valence-electron chi connectivity index (χ2n) is 4.16. The molecule has 0 N–H and O–H groups in total. The number of alkyl halides is 3. The van der Waals surface area contributed by atoms with Crippen LogP contribution in [-0.4, -0.2) is 21.0 Å². The first-order chi connectivity index (χ1) is 12.1. The summed E-state index contributed by atoms with van der Waals surface area (Å²) in [4.78, 5) is 0. The van der Waals surface area contributed by atoms with Crippen LogP contribution in [0.1, 0.15) is 24.5 Å². The van der Waals surface area contributed by atoms with E-state index in [0.717, 1.165) is 0 Å². The molecule has 0 saturated heterocycles. The van der Waals surface area contributed by atoms with Gasteiger partial charge in [0.25, 0.3) is 0 Å². The third-order valence-corrected chi connectivity index (χ3v) is 3.55. The SMILES string of the molecule is CCCc1cc(OC)c(C)cc1OS(=O)(=O)C(F)(F)F.[C-]#[O+].[C-]#[O+].[C-]#[O+].[Cr]. The zero-order chi connectivity index (χ0) is 21.6. The number of ether oxygens (including phenoxy) is 1. The van der Waals surface area contributed by atoms with Crippen LogP contribution < -0.4 is 8.92 Å². The van der Waals surface area contributed by atoms with Gasteiger partial charge in [-0.05, 0) is 36.6 Å². The van der Waals surface area contributed by atoms with Gasteiger partial charge >= 0.3 is 49.5 Å². The summed E-state index contributed by atoms with van der Waals surface area (Å²) < 4.78 is 90.9. The number of hydrogen-bond acceptors (Lipinski definition) is 4.